The second-order valence-electron chi connectivity index (χ2n) is 3.21. The summed E-state index contributed by atoms with van der Waals surface area (Å²) in [5, 5.41) is 21.0. The van der Waals surface area contributed by atoms with Gasteiger partial charge in [0.25, 0.3) is 0 Å². The lowest BCUT2D eigenvalue weighted by atomic mass is 10.2. The Kier molecular flexibility index (Phi) is 4.92. The van der Waals surface area contributed by atoms with Crippen LogP contribution in [0, 0.1) is 0 Å². The number of oxime groups is 1. The number of aliphatic hydroxyl groups excluding tert-OH is 1. The van der Waals surface area contributed by atoms with Crippen LogP contribution in [-0.4, -0.2) is 28.0 Å². The first kappa shape index (κ1) is 13.2. The number of aliphatic hydroxyl groups is 1. The van der Waals surface area contributed by atoms with E-state index in [2.05, 4.69) is 5.16 Å². The number of thioether (sulfide) groups is 1. The van der Waals surface area contributed by atoms with E-state index < -0.39 is 0 Å². The molecule has 88 valence electrons. The third-order valence-corrected chi connectivity index (χ3v) is 3.39. The molecular weight excluding hydrogens is 248 g/mol. The van der Waals surface area contributed by atoms with Gasteiger partial charge in [-0.05, 0) is 12.1 Å². The number of nitrogens with two attached hydrogens (primary N) is 1. The van der Waals surface area contributed by atoms with Crippen LogP contribution in [0.1, 0.15) is 12.5 Å². The fourth-order valence-electron chi connectivity index (χ4n) is 1.16. The second-order valence-corrected chi connectivity index (χ2v) is 5.10. The molecule has 1 unspecified atom stereocenters. The predicted octanol–water partition coefficient (Wildman–Crippen LogP) is 1.91. The minimum atomic E-state index is -0.0294. The Morgan fingerprint density at radius 1 is 1.62 bits per heavy atom. The van der Waals surface area contributed by atoms with Crippen molar-refractivity contribution < 1.29 is 10.3 Å². The maximum atomic E-state index is 8.99. The Bertz CT molecular complexity index is 398. The number of rotatable bonds is 4. The van der Waals surface area contributed by atoms with Gasteiger partial charge >= 0.3 is 0 Å². The van der Waals surface area contributed by atoms with Crippen molar-refractivity contribution in [1.29, 1.82) is 0 Å². The van der Waals surface area contributed by atoms with Crippen LogP contribution in [0.3, 0.4) is 0 Å². The number of amidine groups is 1. The monoisotopic (exact) mass is 260 g/mol. The van der Waals surface area contributed by atoms with Gasteiger partial charge in [-0.1, -0.05) is 29.7 Å². The van der Waals surface area contributed by atoms with Gasteiger partial charge in [-0.15, -0.1) is 11.8 Å². The molecule has 6 heteroatoms. The molecule has 0 aliphatic heterocycles. The van der Waals surface area contributed by atoms with Crippen LogP contribution in [0.5, 0.6) is 0 Å². The van der Waals surface area contributed by atoms with Crippen molar-refractivity contribution in [3.63, 3.8) is 0 Å². The zero-order valence-corrected chi connectivity index (χ0v) is 10.3. The summed E-state index contributed by atoms with van der Waals surface area (Å²) in [4.78, 5) is 0.782. The summed E-state index contributed by atoms with van der Waals surface area (Å²) in [6.07, 6.45) is 0. The summed E-state index contributed by atoms with van der Waals surface area (Å²) in [6, 6.07) is 5.27. The van der Waals surface area contributed by atoms with Crippen molar-refractivity contribution in [2.75, 3.05) is 6.61 Å². The maximum Gasteiger partial charge on any atom is 0.172 e. The Balaban J connectivity index is 3.13. The van der Waals surface area contributed by atoms with Crippen LogP contribution in [0.15, 0.2) is 28.3 Å². The highest BCUT2D eigenvalue weighted by molar-refractivity contribution is 8.00. The molecule has 0 aromatic heterocycles. The molecule has 1 aromatic rings. The van der Waals surface area contributed by atoms with E-state index in [9.17, 15) is 0 Å². The molecule has 1 aromatic carbocycles. The minimum Gasteiger partial charge on any atom is -0.409 e. The van der Waals surface area contributed by atoms with Crippen molar-refractivity contribution in [3.05, 3.63) is 28.8 Å². The molecule has 0 amide bonds. The predicted molar refractivity (Wildman–Crippen MR) is 66.4 cm³/mol. The van der Waals surface area contributed by atoms with Gasteiger partial charge < -0.3 is 16.0 Å². The molecule has 0 aliphatic carbocycles. The summed E-state index contributed by atoms with van der Waals surface area (Å²) in [7, 11) is 0. The highest BCUT2D eigenvalue weighted by Crippen LogP contribution is 2.30. The van der Waals surface area contributed by atoms with E-state index >= 15 is 0 Å². The van der Waals surface area contributed by atoms with Crippen LogP contribution in [0.2, 0.25) is 5.02 Å². The first-order chi connectivity index (χ1) is 7.60. The molecular formula is C10H13ClN2O2S. The zero-order chi connectivity index (χ0) is 12.1. The van der Waals surface area contributed by atoms with Crippen molar-refractivity contribution in [2.45, 2.75) is 17.1 Å². The second kappa shape index (κ2) is 5.98. The number of hydrogen-bond acceptors (Lipinski definition) is 4. The third-order valence-electron chi connectivity index (χ3n) is 1.92. The van der Waals surface area contributed by atoms with Gasteiger partial charge in [-0.2, -0.15) is 0 Å². The molecule has 4 nitrogen and oxygen atoms in total. The van der Waals surface area contributed by atoms with Crippen molar-refractivity contribution >= 4 is 29.2 Å². The first-order valence-electron chi connectivity index (χ1n) is 4.64. The fraction of sp³-hybridized carbons (Fsp3) is 0.300. The molecule has 0 heterocycles. The summed E-state index contributed by atoms with van der Waals surface area (Å²) in [5.41, 5.74) is 6.05. The molecule has 0 spiro atoms. The van der Waals surface area contributed by atoms with Crippen molar-refractivity contribution in [1.82, 2.24) is 0 Å². The van der Waals surface area contributed by atoms with Crippen molar-refractivity contribution in [3.8, 4) is 0 Å². The topological polar surface area (TPSA) is 78.8 Å². The van der Waals surface area contributed by atoms with Gasteiger partial charge in [-0.3, -0.25) is 0 Å². The normalized spacial score (nSPS) is 13.8. The van der Waals surface area contributed by atoms with E-state index in [1.165, 1.54) is 11.8 Å². The van der Waals surface area contributed by atoms with Crippen LogP contribution < -0.4 is 5.73 Å². The summed E-state index contributed by atoms with van der Waals surface area (Å²) >= 11 is 7.40. The van der Waals surface area contributed by atoms with E-state index in [-0.39, 0.29) is 17.7 Å². The summed E-state index contributed by atoms with van der Waals surface area (Å²) < 4.78 is 0. The van der Waals surface area contributed by atoms with Crippen LogP contribution in [0.25, 0.3) is 0 Å². The maximum absolute atomic E-state index is 8.99. The van der Waals surface area contributed by atoms with Crippen LogP contribution in [-0.2, 0) is 0 Å². The average Bonchev–Trinajstić information content (AvgIpc) is 2.28. The number of benzene rings is 1. The van der Waals surface area contributed by atoms with Gasteiger partial charge in [0.2, 0.25) is 0 Å². The highest BCUT2D eigenvalue weighted by atomic mass is 35.5. The lowest BCUT2D eigenvalue weighted by Crippen LogP contribution is -2.15. The lowest BCUT2D eigenvalue weighted by Gasteiger charge is -2.12. The van der Waals surface area contributed by atoms with Crippen molar-refractivity contribution in [2.24, 2.45) is 10.9 Å². The highest BCUT2D eigenvalue weighted by Gasteiger charge is 2.14. The smallest absolute Gasteiger partial charge is 0.172 e. The Morgan fingerprint density at radius 2 is 2.31 bits per heavy atom. The fourth-order valence-corrected chi connectivity index (χ4v) is 2.48. The van der Waals surface area contributed by atoms with Gasteiger partial charge in [0.15, 0.2) is 5.84 Å². The summed E-state index contributed by atoms with van der Waals surface area (Å²) in [6.45, 7) is 1.93. The Morgan fingerprint density at radius 3 is 2.88 bits per heavy atom. The number of hydrogen-bond donors (Lipinski definition) is 3. The standard InChI is InChI=1S/C10H13ClN2O2S/c1-6(5-14)16-8-4-2-3-7(11)9(8)10(12)13-15/h2-4,6,14-15H,5H2,1H3,(H2,12,13). The molecule has 0 fully saturated rings. The molecule has 0 saturated heterocycles. The molecule has 0 bridgehead atoms. The molecule has 1 rings (SSSR count). The van der Waals surface area contributed by atoms with E-state index in [0.29, 0.717) is 10.6 Å². The molecule has 16 heavy (non-hydrogen) atoms. The van der Waals surface area contributed by atoms with E-state index in [0.717, 1.165) is 4.90 Å². The molecule has 0 saturated carbocycles. The molecule has 0 radical (unpaired) electrons. The van der Waals surface area contributed by atoms with Gasteiger partial charge in [0.1, 0.15) is 0 Å². The van der Waals surface area contributed by atoms with Gasteiger partial charge in [-0.25, -0.2) is 0 Å². The van der Waals surface area contributed by atoms with Gasteiger partial charge in [0.05, 0.1) is 17.2 Å². The Labute approximate surface area is 103 Å². The quantitative estimate of drug-likeness (QED) is 0.254. The zero-order valence-electron chi connectivity index (χ0n) is 8.72. The SMILES string of the molecule is CC(CO)Sc1cccc(Cl)c1/C(N)=N/O. The van der Waals surface area contributed by atoms with E-state index in [1.54, 1.807) is 12.1 Å². The average molecular weight is 261 g/mol. The van der Waals surface area contributed by atoms with Gasteiger partial charge in [0, 0.05) is 10.1 Å². The molecule has 4 N–H and O–H groups in total. The van der Waals surface area contributed by atoms with Crippen LogP contribution in [0.4, 0.5) is 0 Å². The Hall–Kier alpha value is -0.910. The summed E-state index contributed by atoms with van der Waals surface area (Å²) in [5.74, 6) is -0.0294. The minimum absolute atomic E-state index is 0.0173. The third kappa shape index (κ3) is 3.04. The van der Waals surface area contributed by atoms with E-state index in [4.69, 9.17) is 27.6 Å². The number of nitrogens with zero attached hydrogens (tertiary/aromatic N) is 1. The molecule has 1 atom stereocenters. The first-order valence-corrected chi connectivity index (χ1v) is 5.89. The molecule has 0 aliphatic rings. The number of halogens is 1. The largest absolute Gasteiger partial charge is 0.409 e. The van der Waals surface area contributed by atoms with Crippen LogP contribution >= 0.6 is 23.4 Å². The lowest BCUT2D eigenvalue weighted by molar-refractivity contribution is 0.300. The van der Waals surface area contributed by atoms with E-state index in [1.807, 2.05) is 13.0 Å².